The lowest BCUT2D eigenvalue weighted by molar-refractivity contribution is 0.0384. The molecule has 2 bridgehead atoms. The van der Waals surface area contributed by atoms with E-state index in [0.717, 1.165) is 17.5 Å². The van der Waals surface area contributed by atoms with Crippen LogP contribution in [0, 0.1) is 30.9 Å². The monoisotopic (exact) mass is 535 g/mol. The highest BCUT2D eigenvalue weighted by molar-refractivity contribution is 5.87. The molecule has 2 aromatic heterocycles. The number of aromatic nitrogens is 4. The third-order valence-electron chi connectivity index (χ3n) is 7.31. The third kappa shape index (κ3) is 4.09. The van der Waals surface area contributed by atoms with Gasteiger partial charge in [-0.2, -0.15) is 5.10 Å². The number of aryl methyl sites for hydroxylation is 2. The SMILES string of the molecule is C.CNc1ccc(-n2ccn(-c3c4c(nn3-c3cc(C)c(F)c(C)c3)CC3COCC4N3)c2=O)c(F)c1C=N. The molecule has 4 aromatic rings. The minimum absolute atomic E-state index is 0. The van der Waals surface area contributed by atoms with E-state index in [2.05, 4.69) is 10.6 Å². The molecule has 0 saturated carbocycles. The van der Waals surface area contributed by atoms with Gasteiger partial charge in [-0.3, -0.25) is 9.13 Å². The molecule has 204 valence electrons. The Bertz CT molecular complexity index is 1630. The average Bonchev–Trinajstić information content (AvgIpc) is 3.47. The maximum Gasteiger partial charge on any atom is 0.338 e. The lowest BCUT2D eigenvalue weighted by Gasteiger charge is -2.35. The van der Waals surface area contributed by atoms with E-state index in [0.29, 0.717) is 48.0 Å². The van der Waals surface area contributed by atoms with Crippen LogP contribution in [0.4, 0.5) is 14.5 Å². The van der Waals surface area contributed by atoms with Crippen LogP contribution in [-0.2, 0) is 11.2 Å². The van der Waals surface area contributed by atoms with E-state index < -0.39 is 11.5 Å². The smallest absolute Gasteiger partial charge is 0.338 e. The number of anilines is 1. The molecule has 2 unspecified atom stereocenters. The van der Waals surface area contributed by atoms with Gasteiger partial charge in [-0.25, -0.2) is 18.3 Å². The normalized spacial score (nSPS) is 17.9. The van der Waals surface area contributed by atoms with Crippen molar-refractivity contribution in [3.05, 3.63) is 86.7 Å². The molecule has 0 radical (unpaired) electrons. The molecular formula is C28H31F2N7O2. The molecule has 4 heterocycles. The number of imidazole rings is 1. The predicted octanol–water partition coefficient (Wildman–Crippen LogP) is 3.97. The molecule has 2 aliphatic heterocycles. The molecule has 2 atom stereocenters. The van der Waals surface area contributed by atoms with Gasteiger partial charge >= 0.3 is 5.69 Å². The summed E-state index contributed by atoms with van der Waals surface area (Å²) < 4.78 is 40.0. The number of morpholine rings is 1. The Hall–Kier alpha value is -4.09. The second kappa shape index (κ2) is 9.90. The summed E-state index contributed by atoms with van der Waals surface area (Å²) in [6.07, 6.45) is 4.60. The zero-order chi connectivity index (χ0) is 26.7. The van der Waals surface area contributed by atoms with Crippen LogP contribution in [0.15, 0.2) is 41.5 Å². The average molecular weight is 536 g/mol. The van der Waals surface area contributed by atoms with Crippen LogP contribution in [0.3, 0.4) is 0 Å². The number of hydrogen-bond acceptors (Lipinski definition) is 6. The van der Waals surface area contributed by atoms with Gasteiger partial charge in [0.1, 0.15) is 11.6 Å². The summed E-state index contributed by atoms with van der Waals surface area (Å²) in [5, 5.41) is 19.0. The van der Waals surface area contributed by atoms with Crippen molar-refractivity contribution in [1.29, 1.82) is 5.41 Å². The van der Waals surface area contributed by atoms with E-state index in [1.807, 2.05) is 0 Å². The molecule has 39 heavy (non-hydrogen) atoms. The largest absolute Gasteiger partial charge is 0.388 e. The predicted molar refractivity (Wildman–Crippen MR) is 146 cm³/mol. The topological polar surface area (TPSA) is 102 Å². The van der Waals surface area contributed by atoms with Gasteiger partial charge in [0.05, 0.1) is 41.9 Å². The molecular weight excluding hydrogens is 504 g/mol. The van der Waals surface area contributed by atoms with Crippen molar-refractivity contribution in [2.45, 2.75) is 39.8 Å². The first-order valence-electron chi connectivity index (χ1n) is 12.4. The fourth-order valence-electron chi connectivity index (χ4n) is 5.50. The molecule has 1 fully saturated rings. The summed E-state index contributed by atoms with van der Waals surface area (Å²) in [6.45, 7) is 4.37. The van der Waals surface area contributed by atoms with Gasteiger partial charge in [0.2, 0.25) is 0 Å². The van der Waals surface area contributed by atoms with E-state index in [1.165, 1.54) is 21.4 Å². The Labute approximate surface area is 224 Å². The van der Waals surface area contributed by atoms with Gasteiger partial charge in [-0.05, 0) is 49.2 Å². The van der Waals surface area contributed by atoms with Crippen LogP contribution in [-0.4, -0.2) is 51.4 Å². The first kappa shape index (κ1) is 26.5. The quantitative estimate of drug-likeness (QED) is 0.336. The van der Waals surface area contributed by atoms with Gasteiger partial charge in [-0.15, -0.1) is 0 Å². The first-order chi connectivity index (χ1) is 18.3. The number of ether oxygens (including phenoxy) is 1. The van der Waals surface area contributed by atoms with Gasteiger partial charge in [-0.1, -0.05) is 7.43 Å². The number of halogens is 2. The summed E-state index contributed by atoms with van der Waals surface area (Å²) in [5.41, 5.74) is 3.25. The maximum absolute atomic E-state index is 15.4. The Morgan fingerprint density at radius 1 is 1.13 bits per heavy atom. The van der Waals surface area contributed by atoms with Crippen LogP contribution in [0.2, 0.25) is 0 Å². The number of fused-ring (bicyclic) bond motifs is 4. The summed E-state index contributed by atoms with van der Waals surface area (Å²) in [4.78, 5) is 13.8. The highest BCUT2D eigenvalue weighted by atomic mass is 19.1. The van der Waals surface area contributed by atoms with Crippen LogP contribution < -0.4 is 16.3 Å². The fraction of sp³-hybridized carbons (Fsp3) is 0.321. The van der Waals surface area contributed by atoms with Crippen LogP contribution in [0.1, 0.15) is 41.4 Å². The Balaban J connectivity index is 0.00000308. The molecule has 9 nitrogen and oxygen atoms in total. The number of rotatable bonds is 5. The lowest BCUT2D eigenvalue weighted by Crippen LogP contribution is -2.48. The molecule has 1 saturated heterocycles. The van der Waals surface area contributed by atoms with E-state index in [4.69, 9.17) is 15.2 Å². The molecule has 2 aliphatic rings. The second-order valence-electron chi connectivity index (χ2n) is 9.72. The fourth-order valence-corrected chi connectivity index (χ4v) is 5.50. The molecule has 0 amide bonds. The lowest BCUT2D eigenvalue weighted by atomic mass is 9.94. The number of nitrogens with one attached hydrogen (secondary N) is 3. The molecule has 3 N–H and O–H groups in total. The molecule has 0 spiro atoms. The molecule has 11 heteroatoms. The minimum atomic E-state index is -0.683. The van der Waals surface area contributed by atoms with E-state index in [-0.39, 0.29) is 36.6 Å². The zero-order valence-corrected chi connectivity index (χ0v) is 21.2. The van der Waals surface area contributed by atoms with Crippen LogP contribution in [0.25, 0.3) is 17.2 Å². The van der Waals surface area contributed by atoms with E-state index >= 15 is 4.39 Å². The molecule has 6 rings (SSSR count). The van der Waals surface area contributed by atoms with Crippen molar-refractivity contribution in [2.75, 3.05) is 25.6 Å². The van der Waals surface area contributed by atoms with Crippen molar-refractivity contribution in [3.8, 4) is 17.2 Å². The van der Waals surface area contributed by atoms with Crippen molar-refractivity contribution >= 4 is 11.9 Å². The number of hydrogen-bond donors (Lipinski definition) is 3. The Morgan fingerprint density at radius 3 is 2.54 bits per heavy atom. The van der Waals surface area contributed by atoms with Gasteiger partial charge in [0.25, 0.3) is 0 Å². The minimum Gasteiger partial charge on any atom is -0.388 e. The Kier molecular flexibility index (Phi) is 6.73. The number of nitrogens with zero attached hydrogens (tertiary/aromatic N) is 4. The summed E-state index contributed by atoms with van der Waals surface area (Å²) in [5.74, 6) is -0.476. The van der Waals surface area contributed by atoms with Gasteiger partial charge < -0.3 is 20.8 Å². The molecule has 2 aromatic carbocycles. The number of benzene rings is 2. The Morgan fingerprint density at radius 2 is 1.85 bits per heavy atom. The first-order valence-corrected chi connectivity index (χ1v) is 12.4. The maximum atomic E-state index is 15.4. The summed E-state index contributed by atoms with van der Waals surface area (Å²) in [6, 6.07) is 6.46. The zero-order valence-electron chi connectivity index (χ0n) is 21.2. The van der Waals surface area contributed by atoms with Crippen molar-refractivity contribution in [2.24, 2.45) is 0 Å². The van der Waals surface area contributed by atoms with Gasteiger partial charge in [0, 0.05) is 49.4 Å². The third-order valence-corrected chi connectivity index (χ3v) is 7.31. The highest BCUT2D eigenvalue weighted by Crippen LogP contribution is 2.35. The van der Waals surface area contributed by atoms with Crippen LogP contribution >= 0.6 is 0 Å². The van der Waals surface area contributed by atoms with E-state index in [1.54, 1.807) is 50.0 Å². The van der Waals surface area contributed by atoms with Crippen molar-refractivity contribution < 1.29 is 13.5 Å². The van der Waals surface area contributed by atoms with Crippen molar-refractivity contribution in [3.63, 3.8) is 0 Å². The van der Waals surface area contributed by atoms with Crippen LogP contribution in [0.5, 0.6) is 0 Å². The van der Waals surface area contributed by atoms with Gasteiger partial charge in [0.15, 0.2) is 5.82 Å². The standard InChI is InChI=1S/C27H27F2N7O2.CH4/c1-14-8-17(9-15(2)24(14)28)36-26(23-20(33-36)10-16-12-38-13-21(23)32-16)35-7-6-34(27(35)37)22-5-4-19(31-3)18(11-30)25(22)29;/h4-9,11,16,21,30-32H,10,12-13H2,1-3H3;1H4. The van der Waals surface area contributed by atoms with E-state index in [9.17, 15) is 9.18 Å². The summed E-state index contributed by atoms with van der Waals surface area (Å²) in [7, 11) is 1.64. The second-order valence-corrected chi connectivity index (χ2v) is 9.72. The summed E-state index contributed by atoms with van der Waals surface area (Å²) >= 11 is 0. The van der Waals surface area contributed by atoms with Crippen molar-refractivity contribution in [1.82, 2.24) is 24.2 Å². The molecule has 0 aliphatic carbocycles. The highest BCUT2D eigenvalue weighted by Gasteiger charge is 2.37.